The van der Waals surface area contributed by atoms with Crippen LogP contribution in [0.5, 0.6) is 0 Å². The van der Waals surface area contributed by atoms with Crippen molar-refractivity contribution in [2.75, 3.05) is 11.3 Å². The highest BCUT2D eigenvalue weighted by atomic mass is 32.2. The second kappa shape index (κ2) is 5.50. The van der Waals surface area contributed by atoms with Gasteiger partial charge >= 0.3 is 0 Å². The number of hydrogen-bond acceptors (Lipinski definition) is 3. The SMILES string of the molecule is Cc1ccccc1S(=O)(=O)Nc1ccc2c(c1)CNCC2. The Morgan fingerprint density at radius 2 is 1.90 bits per heavy atom. The monoisotopic (exact) mass is 302 g/mol. The molecule has 0 bridgehead atoms. The van der Waals surface area contributed by atoms with Crippen molar-refractivity contribution in [1.29, 1.82) is 0 Å². The molecule has 0 saturated carbocycles. The maximum Gasteiger partial charge on any atom is 0.262 e. The van der Waals surface area contributed by atoms with Gasteiger partial charge in [0, 0.05) is 12.2 Å². The van der Waals surface area contributed by atoms with Gasteiger partial charge in [-0.15, -0.1) is 0 Å². The Balaban J connectivity index is 1.91. The van der Waals surface area contributed by atoms with Crippen molar-refractivity contribution in [3.63, 3.8) is 0 Å². The Morgan fingerprint density at radius 1 is 1.10 bits per heavy atom. The van der Waals surface area contributed by atoms with Crippen LogP contribution in [0.15, 0.2) is 47.4 Å². The van der Waals surface area contributed by atoms with E-state index in [1.807, 2.05) is 24.3 Å². The van der Waals surface area contributed by atoms with Crippen LogP contribution in [0, 0.1) is 6.92 Å². The number of fused-ring (bicyclic) bond motifs is 1. The van der Waals surface area contributed by atoms with Crippen LogP contribution in [0.2, 0.25) is 0 Å². The summed E-state index contributed by atoms with van der Waals surface area (Å²) in [5.74, 6) is 0. The highest BCUT2D eigenvalue weighted by molar-refractivity contribution is 7.92. The molecule has 0 unspecified atom stereocenters. The van der Waals surface area contributed by atoms with Crippen molar-refractivity contribution in [2.24, 2.45) is 0 Å². The van der Waals surface area contributed by atoms with E-state index in [1.165, 1.54) is 5.56 Å². The van der Waals surface area contributed by atoms with Crippen LogP contribution in [0.4, 0.5) is 5.69 Å². The van der Waals surface area contributed by atoms with Crippen LogP contribution in [0.3, 0.4) is 0 Å². The van der Waals surface area contributed by atoms with Crippen molar-refractivity contribution in [3.8, 4) is 0 Å². The minimum Gasteiger partial charge on any atom is -0.312 e. The van der Waals surface area contributed by atoms with Crippen molar-refractivity contribution in [1.82, 2.24) is 5.32 Å². The Bertz CT molecular complexity index is 770. The number of anilines is 1. The summed E-state index contributed by atoms with van der Waals surface area (Å²) in [6.45, 7) is 3.56. The lowest BCUT2D eigenvalue weighted by atomic mass is 10.0. The molecular formula is C16H18N2O2S. The van der Waals surface area contributed by atoms with Gasteiger partial charge in [-0.2, -0.15) is 0 Å². The Kier molecular flexibility index (Phi) is 3.69. The summed E-state index contributed by atoms with van der Waals surface area (Å²) in [5.41, 5.74) is 3.80. The molecule has 0 aromatic heterocycles. The number of sulfonamides is 1. The van der Waals surface area contributed by atoms with Gasteiger partial charge in [0.25, 0.3) is 10.0 Å². The number of rotatable bonds is 3. The molecule has 21 heavy (non-hydrogen) atoms. The van der Waals surface area contributed by atoms with E-state index in [9.17, 15) is 8.42 Å². The maximum absolute atomic E-state index is 12.5. The van der Waals surface area contributed by atoms with E-state index in [-0.39, 0.29) is 0 Å². The van der Waals surface area contributed by atoms with Crippen LogP contribution >= 0.6 is 0 Å². The van der Waals surface area contributed by atoms with Crippen LogP contribution in [-0.2, 0) is 23.0 Å². The Morgan fingerprint density at radius 3 is 2.71 bits per heavy atom. The van der Waals surface area contributed by atoms with Crippen molar-refractivity contribution in [2.45, 2.75) is 24.8 Å². The van der Waals surface area contributed by atoms with Crippen LogP contribution in [0.1, 0.15) is 16.7 Å². The zero-order chi connectivity index (χ0) is 14.9. The standard InChI is InChI=1S/C16H18N2O2S/c1-12-4-2-3-5-16(12)21(19,20)18-15-7-6-13-8-9-17-11-14(13)10-15/h2-7,10,17-18H,8-9,11H2,1H3. The average Bonchev–Trinajstić information content (AvgIpc) is 2.47. The topological polar surface area (TPSA) is 58.2 Å². The Hall–Kier alpha value is -1.85. The molecule has 3 rings (SSSR count). The molecule has 0 saturated heterocycles. The molecule has 5 heteroatoms. The third-order valence-electron chi connectivity index (χ3n) is 3.73. The molecule has 2 aromatic carbocycles. The van der Waals surface area contributed by atoms with Gasteiger partial charge in [0.2, 0.25) is 0 Å². The quantitative estimate of drug-likeness (QED) is 0.915. The summed E-state index contributed by atoms with van der Waals surface area (Å²) < 4.78 is 27.6. The number of nitrogens with one attached hydrogen (secondary N) is 2. The van der Waals surface area contributed by atoms with Gasteiger partial charge in [0.05, 0.1) is 4.90 Å². The van der Waals surface area contributed by atoms with Crippen molar-refractivity contribution < 1.29 is 8.42 Å². The van der Waals surface area contributed by atoms with Gasteiger partial charge in [-0.3, -0.25) is 4.72 Å². The minimum absolute atomic E-state index is 0.320. The first-order valence-corrected chi connectivity index (χ1v) is 8.45. The van der Waals surface area contributed by atoms with E-state index >= 15 is 0 Å². The summed E-state index contributed by atoms with van der Waals surface area (Å²) in [7, 11) is -3.54. The van der Waals surface area contributed by atoms with Crippen LogP contribution in [-0.4, -0.2) is 15.0 Å². The summed E-state index contributed by atoms with van der Waals surface area (Å²) in [4.78, 5) is 0.320. The molecule has 0 fully saturated rings. The van der Waals surface area contributed by atoms with Crippen LogP contribution < -0.4 is 10.0 Å². The van der Waals surface area contributed by atoms with E-state index in [1.54, 1.807) is 25.1 Å². The largest absolute Gasteiger partial charge is 0.312 e. The summed E-state index contributed by atoms with van der Waals surface area (Å²) >= 11 is 0. The van der Waals surface area contributed by atoms with Crippen molar-refractivity contribution >= 4 is 15.7 Å². The first-order chi connectivity index (χ1) is 10.1. The first kappa shape index (κ1) is 14.1. The van der Waals surface area contributed by atoms with Crippen molar-refractivity contribution in [3.05, 3.63) is 59.2 Å². The molecule has 2 aromatic rings. The molecule has 1 aliphatic rings. The fourth-order valence-electron chi connectivity index (χ4n) is 2.61. The lowest BCUT2D eigenvalue weighted by Gasteiger charge is -2.18. The molecule has 1 heterocycles. The molecular weight excluding hydrogens is 284 g/mol. The highest BCUT2D eigenvalue weighted by Crippen LogP contribution is 2.23. The molecule has 0 spiro atoms. The molecule has 1 aliphatic heterocycles. The van der Waals surface area contributed by atoms with E-state index in [0.29, 0.717) is 10.6 Å². The summed E-state index contributed by atoms with van der Waals surface area (Å²) in [5, 5.41) is 3.29. The molecule has 110 valence electrons. The van der Waals surface area contributed by atoms with E-state index in [4.69, 9.17) is 0 Å². The van der Waals surface area contributed by atoms with E-state index < -0.39 is 10.0 Å². The lowest BCUT2D eigenvalue weighted by molar-refractivity contribution is 0.600. The van der Waals surface area contributed by atoms with Crippen LogP contribution in [0.25, 0.3) is 0 Å². The van der Waals surface area contributed by atoms with Gasteiger partial charge in [0.15, 0.2) is 0 Å². The number of aryl methyl sites for hydroxylation is 1. The molecule has 2 N–H and O–H groups in total. The van der Waals surface area contributed by atoms with Gasteiger partial charge in [-0.1, -0.05) is 24.3 Å². The van der Waals surface area contributed by atoms with E-state index in [0.717, 1.165) is 30.6 Å². The fourth-order valence-corrected chi connectivity index (χ4v) is 3.91. The minimum atomic E-state index is -3.54. The summed E-state index contributed by atoms with van der Waals surface area (Å²) in [6, 6.07) is 12.7. The second-order valence-electron chi connectivity index (χ2n) is 5.28. The van der Waals surface area contributed by atoms with Gasteiger partial charge < -0.3 is 5.32 Å². The first-order valence-electron chi connectivity index (χ1n) is 6.97. The van der Waals surface area contributed by atoms with Gasteiger partial charge in [0.1, 0.15) is 0 Å². The summed E-state index contributed by atoms with van der Waals surface area (Å²) in [6.07, 6.45) is 0.986. The Labute approximate surface area is 125 Å². The highest BCUT2D eigenvalue weighted by Gasteiger charge is 2.17. The number of hydrogen-bond donors (Lipinski definition) is 2. The number of benzene rings is 2. The van der Waals surface area contributed by atoms with Gasteiger partial charge in [-0.05, 0) is 54.8 Å². The van der Waals surface area contributed by atoms with E-state index in [2.05, 4.69) is 10.0 Å². The lowest BCUT2D eigenvalue weighted by Crippen LogP contribution is -2.23. The predicted octanol–water partition coefficient (Wildman–Crippen LogP) is 2.44. The second-order valence-corrected chi connectivity index (χ2v) is 6.93. The molecule has 0 radical (unpaired) electrons. The third-order valence-corrected chi connectivity index (χ3v) is 5.27. The van der Waals surface area contributed by atoms with Gasteiger partial charge in [-0.25, -0.2) is 8.42 Å². The zero-order valence-corrected chi connectivity index (χ0v) is 12.7. The third kappa shape index (κ3) is 2.94. The molecule has 4 nitrogen and oxygen atoms in total. The molecule has 0 amide bonds. The predicted molar refractivity (Wildman–Crippen MR) is 83.8 cm³/mol. The normalized spacial score (nSPS) is 14.5. The fraction of sp³-hybridized carbons (Fsp3) is 0.250. The zero-order valence-electron chi connectivity index (χ0n) is 11.9. The smallest absolute Gasteiger partial charge is 0.262 e. The maximum atomic E-state index is 12.5. The molecule has 0 aliphatic carbocycles. The average molecular weight is 302 g/mol. The molecule has 0 atom stereocenters.